The Labute approximate surface area is 643 Å². The van der Waals surface area contributed by atoms with Gasteiger partial charge >= 0.3 is 30.5 Å². The van der Waals surface area contributed by atoms with Crippen LogP contribution in [-0.2, 0) is 105 Å². The second kappa shape index (κ2) is 69.0. The van der Waals surface area contributed by atoms with E-state index >= 15 is 0 Å². The molecule has 100 heavy (non-hydrogen) atoms. The first kappa shape index (κ1) is 103. The number of Topliss-reactive ketones (excluding diaryl/α,β-unsaturated/α-hetero) is 7. The smallest absolute Gasteiger partial charge is 0.693 e. The van der Waals surface area contributed by atoms with Crippen molar-refractivity contribution in [2.75, 3.05) is 93.9 Å². The average Bonchev–Trinajstić information content (AvgIpc) is 0.900. The van der Waals surface area contributed by atoms with E-state index in [1.54, 1.807) is 50.1 Å². The van der Waals surface area contributed by atoms with Gasteiger partial charge in [-0.2, -0.15) is 0 Å². The third-order valence-electron chi connectivity index (χ3n) is 14.9. The molecule has 0 aromatic carbocycles. The second-order valence-electron chi connectivity index (χ2n) is 24.1. The number of carboxylic acids is 2. The fraction of sp³-hybridized carbons (Fsp3) is 0.776. The molecule has 0 bridgehead atoms. The normalized spacial score (nSPS) is 13.0. The molecule has 0 aromatic rings. The van der Waals surface area contributed by atoms with Gasteiger partial charge in [-0.25, -0.2) is 4.79 Å². The first-order valence-electron chi connectivity index (χ1n) is 33.8. The Hall–Kier alpha value is -3.12. The number of hydrogen-bond donors (Lipinski definition) is 7. The zero-order valence-electron chi connectivity index (χ0n) is 59.7. The molecule has 25 nitrogen and oxygen atoms in total. The number of ether oxygens (including phenoxy) is 4. The summed E-state index contributed by atoms with van der Waals surface area (Å²) in [6, 6.07) is -2.35. The number of primary amides is 1. The molecule has 0 heterocycles. The number of aliphatic carboxylic acids is 2. The molecular weight excluding hydrogens is 1470 g/mol. The van der Waals surface area contributed by atoms with E-state index in [4.69, 9.17) is 29.8 Å². The van der Waals surface area contributed by atoms with E-state index in [2.05, 4.69) is 28.6 Å². The van der Waals surface area contributed by atoms with Crippen LogP contribution in [-0.4, -0.2) is 197 Å². The molecule has 0 aromatic heterocycles. The van der Waals surface area contributed by atoms with Crippen molar-refractivity contribution in [2.45, 2.75) is 208 Å². The molecule has 33 heteroatoms. The first-order chi connectivity index (χ1) is 46.6. The molecular formula is C67H127N5O20S7V. The molecule has 587 valence electrons. The Kier molecular flexibility index (Phi) is 71.2. The number of rotatable bonds is 68. The van der Waals surface area contributed by atoms with Crippen LogP contribution in [0.5, 0.6) is 0 Å². The molecule has 0 aliphatic carbocycles. The summed E-state index contributed by atoms with van der Waals surface area (Å²) in [5.41, 5.74) is 5.28. The number of thiol groups is 1. The van der Waals surface area contributed by atoms with Crippen molar-refractivity contribution in [2.24, 2.45) is 35.3 Å². The minimum Gasteiger partial charge on any atom is -0.693 e. The zero-order valence-corrected chi connectivity index (χ0v) is 66.9. The van der Waals surface area contributed by atoms with Gasteiger partial charge in [0.2, 0.25) is 23.6 Å². The standard InChI is InChI=1S/C49H83N4O16S2.C18H30O4S5.H2N.V.6H2/c1-37(54)23-31-70-71-36-39(38(2)55)32-43(57)42(33-44(50)58)53-47(61)35-69-30-28-67-26-24-51-46(60)34-68-29-27-66-25-17-18-40(56)21-22-41(49(64)65)52-45(59)19-15-13-11-9-7-5-3-4-6-8-10-12-14-16-20-48(62)63;1-11(14(4)19)7-24-27-10-16(15(5)20)6-17(21)12(2)8-25-26-9-13(3)18(22)23;;;;;;;;/h23,39,41-42H,3-22,24-36H2,1-2H3,(H2,50,58)(H,51,60)(H,52,59)(H,53,61)(H,62,63)(H,64,65);11-13,16H,6-10H2,1-5H3,(H,22,23);1H2;;6*1H/q-1;;-1;+2;;;;;;/t39-,41-,42-;11-,12-,13-,16-;;;;;;;;/m00......../s1. The van der Waals surface area contributed by atoms with Gasteiger partial charge in [0.05, 0.1) is 45.5 Å². The molecule has 0 unspecified atom stereocenters. The molecule has 0 saturated heterocycles. The summed E-state index contributed by atoms with van der Waals surface area (Å²) < 4.78 is 21.4. The molecule has 7 atom stereocenters. The maximum atomic E-state index is 12.9. The number of hydrogen-bond acceptors (Lipinski definition) is 24. The number of amides is 4. The Balaban J connectivity index is -0.000000279. The molecule has 0 aliphatic heterocycles. The summed E-state index contributed by atoms with van der Waals surface area (Å²) in [6.45, 7) is 12.0. The van der Waals surface area contributed by atoms with E-state index < -0.39 is 60.6 Å². The van der Waals surface area contributed by atoms with E-state index in [1.807, 2.05) is 20.8 Å². The monoisotopic (exact) mass is 1600 g/mol. The fourth-order valence-electron chi connectivity index (χ4n) is 8.44. The van der Waals surface area contributed by atoms with Gasteiger partial charge in [-0.15, -0.1) is 29.2 Å². The van der Waals surface area contributed by atoms with E-state index in [0.29, 0.717) is 41.6 Å². The van der Waals surface area contributed by atoms with Gasteiger partial charge in [-0.05, 0) is 59.2 Å². The van der Waals surface area contributed by atoms with Crippen molar-refractivity contribution in [1.82, 2.24) is 16.0 Å². The van der Waals surface area contributed by atoms with Crippen LogP contribution in [0.4, 0.5) is 0 Å². The van der Waals surface area contributed by atoms with E-state index in [1.165, 1.54) is 87.3 Å². The third-order valence-corrected chi connectivity index (χ3v) is 23.1. The Morgan fingerprint density at radius 1 is 0.470 bits per heavy atom. The Bertz CT molecular complexity index is 2410. The summed E-state index contributed by atoms with van der Waals surface area (Å²) in [7, 11) is 9.01. The zero-order chi connectivity index (χ0) is 73.9. The van der Waals surface area contributed by atoms with Crippen LogP contribution in [0.3, 0.4) is 0 Å². The summed E-state index contributed by atoms with van der Waals surface area (Å²) in [6.07, 6.45) is 17.2. The van der Waals surface area contributed by atoms with Gasteiger partial charge in [0, 0.05) is 119 Å². The van der Waals surface area contributed by atoms with Crippen molar-refractivity contribution in [1.29, 1.82) is 0 Å². The summed E-state index contributed by atoms with van der Waals surface area (Å²) in [4.78, 5) is 166. The van der Waals surface area contributed by atoms with Crippen LogP contribution in [0.15, 0.2) is 0 Å². The number of carbonyl (C=O) groups is 14. The molecule has 0 aliphatic rings. The van der Waals surface area contributed by atoms with Crippen LogP contribution in [0.1, 0.15) is 205 Å². The van der Waals surface area contributed by atoms with Crippen molar-refractivity contribution in [3.8, 4) is 0 Å². The van der Waals surface area contributed by atoms with Gasteiger partial charge in [-0.1, -0.05) is 152 Å². The number of nitrogens with two attached hydrogens (primary N) is 2. The number of nitrogens with one attached hydrogen (secondary N) is 3. The van der Waals surface area contributed by atoms with Gasteiger partial charge in [0.15, 0.2) is 10.9 Å². The van der Waals surface area contributed by atoms with Crippen molar-refractivity contribution in [3.05, 3.63) is 12.6 Å². The Morgan fingerprint density at radius 3 is 1.39 bits per heavy atom. The molecule has 0 saturated carbocycles. The van der Waals surface area contributed by atoms with Crippen LogP contribution in [0, 0.1) is 36.0 Å². The van der Waals surface area contributed by atoms with Crippen LogP contribution >= 0.6 is 77.4 Å². The van der Waals surface area contributed by atoms with Gasteiger partial charge in [-0.3, -0.25) is 57.5 Å². The molecule has 1 radical (unpaired) electrons. The van der Waals surface area contributed by atoms with E-state index in [0.717, 1.165) is 50.7 Å². The quantitative estimate of drug-likeness (QED) is 0.0129. The number of carbonyl (C=O) groups excluding carboxylic acids is 12. The average molecular weight is 1600 g/mol. The van der Waals surface area contributed by atoms with E-state index in [-0.39, 0.29) is 206 Å². The Morgan fingerprint density at radius 2 is 0.910 bits per heavy atom. The summed E-state index contributed by atoms with van der Waals surface area (Å²) in [5.74, 6) is -2.44. The first-order valence-corrected chi connectivity index (χ1v) is 41.8. The molecule has 0 rings (SSSR count). The largest absolute Gasteiger partial charge is 2.00 e. The maximum Gasteiger partial charge on any atom is 2.00 e. The second-order valence-corrected chi connectivity index (χ2v) is 32.2. The maximum absolute atomic E-state index is 12.9. The van der Waals surface area contributed by atoms with Gasteiger partial charge < -0.3 is 68.2 Å². The topological polar surface area (TPSA) is 412 Å². The predicted octanol–water partition coefficient (Wildman–Crippen LogP) is 12.0. The minimum atomic E-state index is -1.22. The van der Waals surface area contributed by atoms with Crippen molar-refractivity contribution in [3.63, 3.8) is 0 Å². The molecule has 0 fully saturated rings. The van der Waals surface area contributed by atoms with Gasteiger partial charge in [0.1, 0.15) is 48.2 Å². The summed E-state index contributed by atoms with van der Waals surface area (Å²) in [5, 5.41) is 25.7. The van der Waals surface area contributed by atoms with Crippen LogP contribution < -0.4 is 21.7 Å². The minimum absolute atomic E-state index is 0. The molecule has 4 amide bonds. The van der Waals surface area contributed by atoms with Crippen molar-refractivity contribution < 1.29 is 123 Å². The van der Waals surface area contributed by atoms with Crippen molar-refractivity contribution >= 4 is 159 Å². The number of carboxylic acid groups (broad SMARTS) is 2. The fourth-order valence-corrected chi connectivity index (χ4v) is 16.5. The number of unbranched alkanes of at least 4 members (excludes halogenated alkanes) is 13. The predicted molar refractivity (Wildman–Crippen MR) is 414 cm³/mol. The van der Waals surface area contributed by atoms with Crippen LogP contribution in [0.2, 0.25) is 0 Å². The molecule has 0 spiro atoms. The SMILES string of the molecule is CC(=O)[C@H](CSSC[C@H](C)C(C)=O)CC(=O)[C@@H](C)CSSC[C@H](C)C(=O)S.CC(=O)[CH-]CSSC[C@H](CC(=O)[C@H](CC(N)=O)NC(=O)COCCOCCNC(=O)COCCOCCCC(=O)CC[C@H](NC(=O)CCCCCCCCCCCCCCCCC(=O)O)C(=O)O)C(C)=O.[HH].[HH].[HH].[HH].[HH].[HH].[NH2-].[V+2]. The van der Waals surface area contributed by atoms with Crippen LogP contribution in [0.25, 0.3) is 6.15 Å². The van der Waals surface area contributed by atoms with E-state index in [9.17, 15) is 72.2 Å². The van der Waals surface area contributed by atoms with Gasteiger partial charge in [0.25, 0.3) is 0 Å². The molecule has 9 N–H and O–H groups in total. The number of ketones is 7. The summed E-state index contributed by atoms with van der Waals surface area (Å²) >= 11 is 3.81. The third kappa shape index (κ3) is 65.6.